The highest BCUT2D eigenvalue weighted by molar-refractivity contribution is 5.98. The molecule has 180 valence electrons. The zero-order valence-corrected chi connectivity index (χ0v) is 20.8. The number of ether oxygens (including phenoxy) is 4. The highest BCUT2D eigenvalue weighted by Crippen LogP contribution is 2.37. The van der Waals surface area contributed by atoms with E-state index in [2.05, 4.69) is 6.92 Å². The number of unbranched alkanes of at least 4 members (excludes halogenated alkanes) is 1. The molecule has 2 aromatic rings. The topological polar surface area (TPSA) is 91.3 Å². The van der Waals surface area contributed by atoms with Crippen molar-refractivity contribution in [3.05, 3.63) is 50.6 Å². The Kier molecular flexibility index (Phi) is 8.88. The first kappa shape index (κ1) is 26.2. The molecule has 2 aromatic carbocycles. The molecule has 2 rings (SSSR count). The van der Waals surface area contributed by atoms with E-state index in [9.17, 15) is 14.7 Å². The van der Waals surface area contributed by atoms with Crippen LogP contribution in [-0.2, 0) is 9.47 Å². The van der Waals surface area contributed by atoms with Gasteiger partial charge in [0.1, 0.15) is 22.8 Å². The van der Waals surface area contributed by atoms with Crippen molar-refractivity contribution in [2.45, 2.75) is 61.3 Å². The highest BCUT2D eigenvalue weighted by Gasteiger charge is 2.26. The van der Waals surface area contributed by atoms with Crippen LogP contribution in [0.4, 0.5) is 0 Å². The predicted octanol–water partition coefficient (Wildman–Crippen LogP) is 5.40. The lowest BCUT2D eigenvalue weighted by Crippen LogP contribution is -2.17. The number of benzene rings is 2. The number of rotatable bonds is 9. The monoisotopic (exact) mass is 458 g/mol. The molecule has 0 heterocycles. The van der Waals surface area contributed by atoms with Crippen molar-refractivity contribution in [2.24, 2.45) is 0 Å². The molecular formula is C26H34O7. The van der Waals surface area contributed by atoms with Gasteiger partial charge in [0.15, 0.2) is 6.79 Å². The van der Waals surface area contributed by atoms with Crippen molar-refractivity contribution in [2.75, 3.05) is 20.5 Å². The Morgan fingerprint density at radius 2 is 1.48 bits per heavy atom. The van der Waals surface area contributed by atoms with Gasteiger partial charge in [-0.15, -0.1) is 0 Å². The Bertz CT molecular complexity index is 1020. The molecule has 0 amide bonds. The van der Waals surface area contributed by atoms with E-state index in [0.717, 1.165) is 12.8 Å². The third kappa shape index (κ3) is 5.47. The van der Waals surface area contributed by atoms with Crippen LogP contribution < -0.4 is 9.47 Å². The smallest absolute Gasteiger partial charge is 0.347 e. The van der Waals surface area contributed by atoms with E-state index in [4.69, 9.17) is 18.9 Å². The van der Waals surface area contributed by atoms with Crippen LogP contribution in [0.5, 0.6) is 17.2 Å². The maximum atomic E-state index is 13.1. The molecule has 0 aromatic heterocycles. The number of phenolic OH excluding ortho intramolecular Hbond substituents is 1. The van der Waals surface area contributed by atoms with Crippen LogP contribution in [0.15, 0.2) is 6.07 Å². The number of esters is 2. The summed E-state index contributed by atoms with van der Waals surface area (Å²) in [4.78, 5) is 25.6. The summed E-state index contributed by atoms with van der Waals surface area (Å²) in [6.07, 6.45) is 1.89. The minimum absolute atomic E-state index is 0.0908. The van der Waals surface area contributed by atoms with Crippen molar-refractivity contribution >= 4 is 11.9 Å². The summed E-state index contributed by atoms with van der Waals surface area (Å²) < 4.78 is 21.5. The zero-order valence-electron chi connectivity index (χ0n) is 20.8. The van der Waals surface area contributed by atoms with Crippen LogP contribution in [0, 0.1) is 41.5 Å². The maximum absolute atomic E-state index is 13.1. The van der Waals surface area contributed by atoms with Gasteiger partial charge < -0.3 is 24.1 Å². The predicted molar refractivity (Wildman–Crippen MR) is 126 cm³/mol. The molecule has 0 saturated heterocycles. The van der Waals surface area contributed by atoms with Gasteiger partial charge in [0.25, 0.3) is 0 Å². The third-order valence-electron chi connectivity index (χ3n) is 5.93. The molecule has 0 aliphatic rings. The first-order valence-electron chi connectivity index (χ1n) is 11.0. The van der Waals surface area contributed by atoms with E-state index in [1.807, 2.05) is 0 Å². The average molecular weight is 459 g/mol. The van der Waals surface area contributed by atoms with Gasteiger partial charge in [0.2, 0.25) is 0 Å². The summed E-state index contributed by atoms with van der Waals surface area (Å²) in [5.41, 5.74) is 4.14. The number of hydrogen-bond acceptors (Lipinski definition) is 7. The zero-order chi connectivity index (χ0) is 24.9. The molecular weight excluding hydrogens is 424 g/mol. The molecule has 0 unspecified atom stereocenters. The lowest BCUT2D eigenvalue weighted by Gasteiger charge is -2.20. The normalized spacial score (nSPS) is 10.8. The lowest BCUT2D eigenvalue weighted by atomic mass is 9.93. The van der Waals surface area contributed by atoms with Crippen molar-refractivity contribution in [1.29, 1.82) is 0 Å². The van der Waals surface area contributed by atoms with Gasteiger partial charge in [0, 0.05) is 12.7 Å². The van der Waals surface area contributed by atoms with Gasteiger partial charge in [-0.3, -0.25) is 0 Å². The molecule has 0 aliphatic carbocycles. The van der Waals surface area contributed by atoms with Gasteiger partial charge >= 0.3 is 11.9 Å². The molecule has 7 nitrogen and oxygen atoms in total. The molecule has 33 heavy (non-hydrogen) atoms. The van der Waals surface area contributed by atoms with Gasteiger partial charge in [-0.05, 0) is 81.8 Å². The number of aromatic hydroxyl groups is 1. The lowest BCUT2D eigenvalue weighted by molar-refractivity contribution is -0.0126. The fourth-order valence-corrected chi connectivity index (χ4v) is 3.67. The van der Waals surface area contributed by atoms with Crippen molar-refractivity contribution in [1.82, 2.24) is 0 Å². The van der Waals surface area contributed by atoms with E-state index in [1.165, 1.54) is 7.11 Å². The van der Waals surface area contributed by atoms with E-state index in [-0.39, 0.29) is 18.1 Å². The van der Waals surface area contributed by atoms with Crippen molar-refractivity contribution < 1.29 is 33.6 Å². The van der Waals surface area contributed by atoms with Crippen LogP contribution >= 0.6 is 0 Å². The van der Waals surface area contributed by atoms with Gasteiger partial charge in [-0.1, -0.05) is 13.3 Å². The fraction of sp³-hybridized carbons (Fsp3) is 0.462. The molecule has 0 aliphatic heterocycles. The second kappa shape index (κ2) is 11.2. The first-order valence-corrected chi connectivity index (χ1v) is 11.0. The molecule has 0 atom stereocenters. The van der Waals surface area contributed by atoms with Crippen LogP contribution in [0.3, 0.4) is 0 Å². The second-order valence-corrected chi connectivity index (χ2v) is 8.17. The number of hydrogen-bond donors (Lipinski definition) is 1. The van der Waals surface area contributed by atoms with Crippen molar-refractivity contribution in [3.63, 3.8) is 0 Å². The Labute approximate surface area is 195 Å². The van der Waals surface area contributed by atoms with Gasteiger partial charge in [0.05, 0.1) is 12.2 Å². The summed E-state index contributed by atoms with van der Waals surface area (Å²) in [7, 11) is 1.44. The van der Waals surface area contributed by atoms with Gasteiger partial charge in [-0.25, -0.2) is 9.59 Å². The van der Waals surface area contributed by atoms with E-state index < -0.39 is 11.9 Å². The van der Waals surface area contributed by atoms with Crippen LogP contribution in [-0.4, -0.2) is 37.6 Å². The molecule has 0 fully saturated rings. The summed E-state index contributed by atoms with van der Waals surface area (Å²) in [6.45, 7) is 13.0. The highest BCUT2D eigenvalue weighted by atomic mass is 16.7. The largest absolute Gasteiger partial charge is 0.507 e. The van der Waals surface area contributed by atoms with Gasteiger partial charge in [-0.2, -0.15) is 0 Å². The van der Waals surface area contributed by atoms with Crippen LogP contribution in [0.25, 0.3) is 0 Å². The summed E-state index contributed by atoms with van der Waals surface area (Å²) >= 11 is 0. The van der Waals surface area contributed by atoms with E-state index >= 15 is 0 Å². The second-order valence-electron chi connectivity index (χ2n) is 8.17. The average Bonchev–Trinajstić information content (AvgIpc) is 2.77. The Hall–Kier alpha value is -3.06. The Balaban J connectivity index is 2.43. The Morgan fingerprint density at radius 1 is 0.879 bits per heavy atom. The SMILES string of the molecule is CCCCOc1cc(C)c(C(=O)Oc2c(C)c(C)c(C(=O)OCOC)c(C)c2C)c(O)c1C. The molecule has 0 radical (unpaired) electrons. The number of methoxy groups -OCH3 is 1. The number of carbonyl (C=O) groups is 2. The van der Waals surface area contributed by atoms with Crippen LogP contribution in [0.1, 0.15) is 73.9 Å². The standard InChI is InChI=1S/C26H34O7/c1-9-10-11-31-20-12-14(2)21(23(27)19(20)7)26(29)33-24-17(5)15(3)22(16(4)18(24)6)25(28)32-13-30-8/h12,27H,9-11,13H2,1-8H3. The fourth-order valence-electron chi connectivity index (χ4n) is 3.67. The van der Waals surface area contributed by atoms with E-state index in [0.29, 0.717) is 57.1 Å². The molecule has 7 heteroatoms. The molecule has 0 spiro atoms. The Morgan fingerprint density at radius 3 is 2.03 bits per heavy atom. The van der Waals surface area contributed by atoms with E-state index in [1.54, 1.807) is 47.6 Å². The number of carbonyl (C=O) groups excluding carboxylic acids is 2. The molecule has 0 bridgehead atoms. The number of phenols is 1. The van der Waals surface area contributed by atoms with Crippen LogP contribution in [0.2, 0.25) is 0 Å². The van der Waals surface area contributed by atoms with Crippen molar-refractivity contribution in [3.8, 4) is 17.2 Å². The maximum Gasteiger partial charge on any atom is 0.347 e. The molecule has 0 saturated carbocycles. The first-order chi connectivity index (χ1) is 15.6. The molecule has 1 N–H and O–H groups in total. The minimum atomic E-state index is -0.673. The number of aryl methyl sites for hydroxylation is 1. The third-order valence-corrected chi connectivity index (χ3v) is 5.93. The minimum Gasteiger partial charge on any atom is -0.507 e. The quantitative estimate of drug-likeness (QED) is 0.233. The summed E-state index contributed by atoms with van der Waals surface area (Å²) in [6, 6.07) is 1.74. The summed E-state index contributed by atoms with van der Waals surface area (Å²) in [5.74, 6) is -0.423. The summed E-state index contributed by atoms with van der Waals surface area (Å²) in [5, 5.41) is 10.8.